The van der Waals surface area contributed by atoms with E-state index in [1.165, 1.54) is 12.8 Å². The third-order valence-corrected chi connectivity index (χ3v) is 3.34. The van der Waals surface area contributed by atoms with E-state index in [0.717, 1.165) is 16.6 Å². The number of hydrogen-bond donors (Lipinski definition) is 1. The fourth-order valence-corrected chi connectivity index (χ4v) is 1.94. The van der Waals surface area contributed by atoms with Crippen LogP contribution in [-0.2, 0) is 0 Å². The fraction of sp³-hybridized carbons (Fsp3) is 0.583. The van der Waals surface area contributed by atoms with Crippen LogP contribution >= 0.6 is 15.9 Å². The van der Waals surface area contributed by atoms with Gasteiger partial charge in [0.05, 0.1) is 5.69 Å². The second-order valence-corrected chi connectivity index (χ2v) is 4.84. The summed E-state index contributed by atoms with van der Waals surface area (Å²) in [5.74, 6) is 0.713. The standard InChI is InChI=1S/C12H19BrN2/c1-3-9(4-2)7-11(14)12-6-5-10(13)8-15-12/h5-6,8-9,11H,3-4,7,14H2,1-2H3. The second-order valence-electron chi connectivity index (χ2n) is 3.93. The lowest BCUT2D eigenvalue weighted by molar-refractivity contribution is 0.411. The molecule has 0 radical (unpaired) electrons. The molecule has 0 fully saturated rings. The first-order valence-electron chi connectivity index (χ1n) is 5.54. The van der Waals surface area contributed by atoms with Gasteiger partial charge < -0.3 is 5.73 Å². The number of rotatable bonds is 5. The lowest BCUT2D eigenvalue weighted by Gasteiger charge is -2.17. The SMILES string of the molecule is CCC(CC)CC(N)c1ccc(Br)cn1. The van der Waals surface area contributed by atoms with Crippen molar-refractivity contribution in [2.45, 2.75) is 39.2 Å². The van der Waals surface area contributed by atoms with Crippen LogP contribution in [0.15, 0.2) is 22.8 Å². The number of pyridine rings is 1. The van der Waals surface area contributed by atoms with E-state index in [0.29, 0.717) is 5.92 Å². The first-order valence-corrected chi connectivity index (χ1v) is 6.33. The Morgan fingerprint density at radius 1 is 1.33 bits per heavy atom. The van der Waals surface area contributed by atoms with Crippen molar-refractivity contribution in [2.24, 2.45) is 11.7 Å². The molecule has 15 heavy (non-hydrogen) atoms. The molecular formula is C12H19BrN2. The van der Waals surface area contributed by atoms with E-state index in [4.69, 9.17) is 5.73 Å². The van der Waals surface area contributed by atoms with Gasteiger partial charge in [0.25, 0.3) is 0 Å². The van der Waals surface area contributed by atoms with Gasteiger partial charge in [-0.2, -0.15) is 0 Å². The van der Waals surface area contributed by atoms with Crippen LogP contribution < -0.4 is 5.73 Å². The highest BCUT2D eigenvalue weighted by molar-refractivity contribution is 9.10. The largest absolute Gasteiger partial charge is 0.323 e. The van der Waals surface area contributed by atoms with E-state index in [-0.39, 0.29) is 6.04 Å². The summed E-state index contributed by atoms with van der Waals surface area (Å²) in [4.78, 5) is 4.33. The van der Waals surface area contributed by atoms with E-state index in [1.807, 2.05) is 18.3 Å². The smallest absolute Gasteiger partial charge is 0.0571 e. The molecule has 0 saturated carbocycles. The van der Waals surface area contributed by atoms with Crippen molar-refractivity contribution < 1.29 is 0 Å². The number of halogens is 1. The summed E-state index contributed by atoms with van der Waals surface area (Å²) < 4.78 is 1.00. The summed E-state index contributed by atoms with van der Waals surface area (Å²) in [6.45, 7) is 4.44. The van der Waals surface area contributed by atoms with Crippen molar-refractivity contribution in [1.29, 1.82) is 0 Å². The molecule has 1 unspecified atom stereocenters. The van der Waals surface area contributed by atoms with E-state index in [9.17, 15) is 0 Å². The molecule has 0 aliphatic carbocycles. The van der Waals surface area contributed by atoms with Gasteiger partial charge in [0.15, 0.2) is 0 Å². The van der Waals surface area contributed by atoms with Crippen molar-refractivity contribution in [3.63, 3.8) is 0 Å². The zero-order valence-corrected chi connectivity index (χ0v) is 11.0. The molecular weight excluding hydrogens is 252 g/mol. The summed E-state index contributed by atoms with van der Waals surface area (Å²) in [5, 5.41) is 0. The van der Waals surface area contributed by atoms with Gasteiger partial charge in [-0.1, -0.05) is 26.7 Å². The zero-order chi connectivity index (χ0) is 11.3. The van der Waals surface area contributed by atoms with E-state index < -0.39 is 0 Å². The number of nitrogens with two attached hydrogens (primary N) is 1. The first-order chi connectivity index (χ1) is 7.17. The third kappa shape index (κ3) is 3.92. The van der Waals surface area contributed by atoms with Gasteiger partial charge in [0.1, 0.15) is 0 Å². The van der Waals surface area contributed by atoms with Crippen LogP contribution in [0.2, 0.25) is 0 Å². The average Bonchev–Trinajstić information content (AvgIpc) is 2.26. The summed E-state index contributed by atoms with van der Waals surface area (Å²) in [5.41, 5.74) is 7.11. The van der Waals surface area contributed by atoms with Crippen molar-refractivity contribution in [1.82, 2.24) is 4.98 Å². The monoisotopic (exact) mass is 270 g/mol. The van der Waals surface area contributed by atoms with E-state index in [2.05, 4.69) is 34.8 Å². The molecule has 3 heteroatoms. The van der Waals surface area contributed by atoms with Gasteiger partial charge in [0, 0.05) is 16.7 Å². The molecule has 0 aliphatic heterocycles. The number of nitrogens with zero attached hydrogens (tertiary/aromatic N) is 1. The summed E-state index contributed by atoms with van der Waals surface area (Å²) in [6.07, 6.45) is 5.23. The van der Waals surface area contributed by atoms with Crippen LogP contribution in [0.4, 0.5) is 0 Å². The minimum absolute atomic E-state index is 0.0722. The van der Waals surface area contributed by atoms with Gasteiger partial charge in [-0.15, -0.1) is 0 Å². The zero-order valence-electron chi connectivity index (χ0n) is 9.41. The number of aromatic nitrogens is 1. The maximum atomic E-state index is 6.12. The molecule has 0 bridgehead atoms. The van der Waals surface area contributed by atoms with Gasteiger partial charge in [0.2, 0.25) is 0 Å². The molecule has 1 rings (SSSR count). The lowest BCUT2D eigenvalue weighted by atomic mass is 9.93. The van der Waals surface area contributed by atoms with Crippen LogP contribution in [0.25, 0.3) is 0 Å². The summed E-state index contributed by atoms with van der Waals surface area (Å²) >= 11 is 3.37. The number of hydrogen-bond acceptors (Lipinski definition) is 2. The molecule has 0 aliphatic rings. The molecule has 0 amide bonds. The predicted octanol–water partition coefficient (Wildman–Crippen LogP) is 3.67. The Labute approximate surface area is 100 Å². The molecule has 1 aromatic heterocycles. The highest BCUT2D eigenvalue weighted by Crippen LogP contribution is 2.22. The summed E-state index contributed by atoms with van der Waals surface area (Å²) in [7, 11) is 0. The van der Waals surface area contributed by atoms with Crippen molar-refractivity contribution >= 4 is 15.9 Å². The van der Waals surface area contributed by atoms with Gasteiger partial charge >= 0.3 is 0 Å². The van der Waals surface area contributed by atoms with Gasteiger partial charge in [-0.05, 0) is 40.4 Å². The average molecular weight is 271 g/mol. The quantitative estimate of drug-likeness (QED) is 0.887. The Morgan fingerprint density at radius 2 is 2.00 bits per heavy atom. The predicted molar refractivity (Wildman–Crippen MR) is 67.6 cm³/mol. The highest BCUT2D eigenvalue weighted by Gasteiger charge is 2.12. The molecule has 0 spiro atoms. The van der Waals surface area contributed by atoms with Gasteiger partial charge in [-0.25, -0.2) is 0 Å². The molecule has 2 N–H and O–H groups in total. The van der Waals surface area contributed by atoms with E-state index in [1.54, 1.807) is 0 Å². The minimum Gasteiger partial charge on any atom is -0.323 e. The lowest BCUT2D eigenvalue weighted by Crippen LogP contribution is -2.16. The molecule has 1 atom stereocenters. The Kier molecular flexibility index (Phi) is 5.26. The highest BCUT2D eigenvalue weighted by atomic mass is 79.9. The van der Waals surface area contributed by atoms with Crippen molar-refractivity contribution in [2.75, 3.05) is 0 Å². The summed E-state index contributed by atoms with van der Waals surface area (Å²) in [6, 6.07) is 4.06. The van der Waals surface area contributed by atoms with Crippen LogP contribution in [0.1, 0.15) is 44.8 Å². The van der Waals surface area contributed by atoms with Crippen LogP contribution in [0, 0.1) is 5.92 Å². The molecule has 1 heterocycles. The topological polar surface area (TPSA) is 38.9 Å². The fourth-order valence-electron chi connectivity index (χ4n) is 1.71. The van der Waals surface area contributed by atoms with Crippen LogP contribution in [0.5, 0.6) is 0 Å². The molecule has 1 aromatic rings. The van der Waals surface area contributed by atoms with Crippen LogP contribution in [0.3, 0.4) is 0 Å². The Hall–Kier alpha value is -0.410. The Morgan fingerprint density at radius 3 is 2.47 bits per heavy atom. The van der Waals surface area contributed by atoms with Gasteiger partial charge in [-0.3, -0.25) is 4.98 Å². The van der Waals surface area contributed by atoms with Crippen molar-refractivity contribution in [3.05, 3.63) is 28.5 Å². The normalized spacial score (nSPS) is 13.1. The molecule has 0 aromatic carbocycles. The second kappa shape index (κ2) is 6.23. The molecule has 0 saturated heterocycles. The Balaban J connectivity index is 2.60. The van der Waals surface area contributed by atoms with Crippen LogP contribution in [-0.4, -0.2) is 4.98 Å². The minimum atomic E-state index is 0.0722. The maximum Gasteiger partial charge on any atom is 0.0571 e. The van der Waals surface area contributed by atoms with E-state index >= 15 is 0 Å². The Bertz CT molecular complexity index is 280. The maximum absolute atomic E-state index is 6.12. The molecule has 2 nitrogen and oxygen atoms in total. The molecule has 84 valence electrons. The first kappa shape index (κ1) is 12.7. The van der Waals surface area contributed by atoms with Crippen molar-refractivity contribution in [3.8, 4) is 0 Å². The third-order valence-electron chi connectivity index (χ3n) is 2.87.